The topological polar surface area (TPSA) is 50.3 Å². The number of sulfonamides is 1. The Labute approximate surface area is 158 Å². The molecule has 0 aliphatic heterocycles. The molecule has 1 atom stereocenters. The molecule has 0 N–H and O–H groups in total. The fourth-order valence-corrected chi connectivity index (χ4v) is 6.19. The lowest BCUT2D eigenvalue weighted by molar-refractivity contribution is 0.286. The van der Waals surface area contributed by atoms with E-state index in [4.69, 9.17) is 23.2 Å². The number of halogens is 2. The number of alkyl halides is 2. The first-order valence-electron chi connectivity index (χ1n) is 8.25. The molecule has 0 saturated heterocycles. The van der Waals surface area contributed by atoms with E-state index in [0.29, 0.717) is 0 Å². The van der Waals surface area contributed by atoms with Gasteiger partial charge in [-0.1, -0.05) is 19.3 Å². The van der Waals surface area contributed by atoms with E-state index < -0.39 is 14.4 Å². The van der Waals surface area contributed by atoms with Crippen LogP contribution in [-0.4, -0.2) is 40.9 Å². The third kappa shape index (κ3) is 4.21. The lowest BCUT2D eigenvalue weighted by atomic mass is 9.96. The third-order valence-electron chi connectivity index (χ3n) is 4.86. The van der Waals surface area contributed by atoms with Crippen molar-refractivity contribution in [3.8, 4) is 0 Å². The minimum atomic E-state index is -3.47. The number of hydrogen-bond donors (Lipinski definition) is 0. The fraction of sp³-hybridized carbons (Fsp3) is 0.688. The molecule has 1 aromatic rings. The molecule has 1 aromatic heterocycles. The Kier molecular flexibility index (Phi) is 5.72. The third-order valence-corrected chi connectivity index (χ3v) is 8.79. The van der Waals surface area contributed by atoms with E-state index in [9.17, 15) is 8.42 Å². The molecule has 2 fully saturated rings. The molecule has 2 saturated carbocycles. The average molecular weight is 409 g/mol. The van der Waals surface area contributed by atoms with Crippen LogP contribution < -0.4 is 0 Å². The number of aromatic nitrogens is 1. The van der Waals surface area contributed by atoms with Crippen LogP contribution in [0, 0.1) is 5.92 Å². The van der Waals surface area contributed by atoms with Crippen LogP contribution in [0.4, 0.5) is 0 Å². The lowest BCUT2D eigenvalue weighted by Crippen LogP contribution is -2.38. The molecular weight excluding hydrogens is 387 g/mol. The molecule has 134 valence electrons. The highest BCUT2D eigenvalue weighted by atomic mass is 35.5. The molecular formula is C16H22Cl2N2O2S2. The highest BCUT2D eigenvalue weighted by molar-refractivity contribution is 7.99. The number of pyridine rings is 1. The second kappa shape index (κ2) is 7.31. The summed E-state index contributed by atoms with van der Waals surface area (Å²) in [6, 6.07) is 3.51. The maximum Gasteiger partial charge on any atom is 0.244 e. The van der Waals surface area contributed by atoms with Gasteiger partial charge in [0, 0.05) is 31.0 Å². The molecule has 0 amide bonds. The van der Waals surface area contributed by atoms with Crippen LogP contribution in [0.2, 0.25) is 0 Å². The van der Waals surface area contributed by atoms with E-state index >= 15 is 0 Å². The van der Waals surface area contributed by atoms with Crippen molar-refractivity contribution in [2.45, 2.75) is 58.8 Å². The number of nitrogens with zero attached hydrogens (tertiary/aromatic N) is 2. The molecule has 0 bridgehead atoms. The Morgan fingerprint density at radius 1 is 1.29 bits per heavy atom. The molecule has 0 radical (unpaired) electrons. The Morgan fingerprint density at radius 2 is 1.96 bits per heavy atom. The predicted molar refractivity (Wildman–Crippen MR) is 99.3 cm³/mol. The summed E-state index contributed by atoms with van der Waals surface area (Å²) in [6.45, 7) is 0. The Bertz CT molecular complexity index is 674. The molecule has 1 unspecified atom stereocenters. The zero-order chi connectivity index (χ0) is 17.4. The quantitative estimate of drug-likeness (QED) is 0.519. The van der Waals surface area contributed by atoms with Gasteiger partial charge >= 0.3 is 0 Å². The number of hydrogen-bond acceptors (Lipinski definition) is 4. The number of thioether (sulfide) groups is 1. The van der Waals surface area contributed by atoms with E-state index in [1.807, 2.05) is 0 Å². The van der Waals surface area contributed by atoms with Gasteiger partial charge in [-0.05, 0) is 31.4 Å². The normalized spacial score (nSPS) is 24.2. The SMILES string of the molecule is CN(C1CCCCC1)S(=O)(=O)c1ccc(SCC2CC2(Cl)Cl)nc1. The van der Waals surface area contributed by atoms with Crippen molar-refractivity contribution in [3.63, 3.8) is 0 Å². The molecule has 4 nitrogen and oxygen atoms in total. The van der Waals surface area contributed by atoms with E-state index in [1.54, 1.807) is 30.9 Å². The maximum absolute atomic E-state index is 12.7. The standard InChI is InChI=1S/C16H22Cl2N2O2S2/c1-20(13-5-3-2-4-6-13)24(21,22)14-7-8-15(19-10-14)23-11-12-9-16(12,17)18/h7-8,10,12-13H,2-6,9,11H2,1H3. The van der Waals surface area contributed by atoms with Crippen LogP contribution >= 0.6 is 35.0 Å². The van der Waals surface area contributed by atoms with E-state index in [-0.39, 0.29) is 16.9 Å². The van der Waals surface area contributed by atoms with Crippen molar-refractivity contribution < 1.29 is 8.42 Å². The fourth-order valence-electron chi connectivity index (χ4n) is 3.05. The van der Waals surface area contributed by atoms with Crippen molar-refractivity contribution in [2.24, 2.45) is 5.92 Å². The lowest BCUT2D eigenvalue weighted by Gasteiger charge is -2.30. The van der Waals surface area contributed by atoms with Crippen molar-refractivity contribution in [3.05, 3.63) is 18.3 Å². The first-order valence-corrected chi connectivity index (χ1v) is 11.4. The molecule has 2 aliphatic rings. The first-order chi connectivity index (χ1) is 11.3. The van der Waals surface area contributed by atoms with Gasteiger partial charge < -0.3 is 0 Å². The van der Waals surface area contributed by atoms with Gasteiger partial charge in [-0.2, -0.15) is 4.31 Å². The summed E-state index contributed by atoms with van der Waals surface area (Å²) in [5.41, 5.74) is 0. The molecule has 0 aromatic carbocycles. The van der Waals surface area contributed by atoms with Gasteiger partial charge in [0.2, 0.25) is 10.0 Å². The Balaban J connectivity index is 1.63. The van der Waals surface area contributed by atoms with Crippen LogP contribution in [-0.2, 0) is 10.0 Å². The molecule has 8 heteroatoms. The van der Waals surface area contributed by atoms with E-state index in [1.165, 1.54) is 16.9 Å². The van der Waals surface area contributed by atoms with Crippen LogP contribution in [0.15, 0.2) is 28.3 Å². The van der Waals surface area contributed by atoms with Crippen molar-refractivity contribution in [1.29, 1.82) is 0 Å². The maximum atomic E-state index is 12.7. The van der Waals surface area contributed by atoms with Gasteiger partial charge in [0.15, 0.2) is 0 Å². The van der Waals surface area contributed by atoms with Gasteiger partial charge in [0.1, 0.15) is 9.23 Å². The summed E-state index contributed by atoms with van der Waals surface area (Å²) in [6.07, 6.45) is 7.55. The van der Waals surface area contributed by atoms with Gasteiger partial charge in [0.25, 0.3) is 0 Å². The van der Waals surface area contributed by atoms with Crippen LogP contribution in [0.3, 0.4) is 0 Å². The second-order valence-corrected chi connectivity index (χ2v) is 11.2. The molecule has 2 aliphatic carbocycles. The summed E-state index contributed by atoms with van der Waals surface area (Å²) >= 11 is 13.6. The minimum Gasteiger partial charge on any atom is -0.249 e. The summed E-state index contributed by atoms with van der Waals surface area (Å²) in [4.78, 5) is 4.55. The Hall–Kier alpha value is -0.0100. The van der Waals surface area contributed by atoms with Crippen LogP contribution in [0.25, 0.3) is 0 Å². The minimum absolute atomic E-state index is 0.105. The average Bonchev–Trinajstić information content (AvgIpc) is 3.20. The van der Waals surface area contributed by atoms with Crippen molar-refractivity contribution in [2.75, 3.05) is 12.8 Å². The smallest absolute Gasteiger partial charge is 0.244 e. The van der Waals surface area contributed by atoms with Gasteiger partial charge in [-0.25, -0.2) is 13.4 Å². The summed E-state index contributed by atoms with van der Waals surface area (Å²) < 4.78 is 26.4. The van der Waals surface area contributed by atoms with Gasteiger partial charge in [0.05, 0.1) is 5.03 Å². The molecule has 24 heavy (non-hydrogen) atoms. The highest BCUT2D eigenvalue weighted by Crippen LogP contribution is 2.54. The predicted octanol–water partition coefficient (Wildman–Crippen LogP) is 4.32. The zero-order valence-corrected chi connectivity index (χ0v) is 16.8. The highest BCUT2D eigenvalue weighted by Gasteiger charge is 2.51. The second-order valence-electron chi connectivity index (χ2n) is 6.62. The first kappa shape index (κ1) is 18.8. The Morgan fingerprint density at radius 3 is 2.50 bits per heavy atom. The monoisotopic (exact) mass is 408 g/mol. The van der Waals surface area contributed by atoms with Crippen LogP contribution in [0.1, 0.15) is 38.5 Å². The van der Waals surface area contributed by atoms with Gasteiger partial charge in [-0.15, -0.1) is 35.0 Å². The molecule has 3 rings (SSSR count). The summed E-state index contributed by atoms with van der Waals surface area (Å²) in [7, 11) is -1.79. The zero-order valence-electron chi connectivity index (χ0n) is 13.6. The summed E-state index contributed by atoms with van der Waals surface area (Å²) in [5, 5.41) is 0.797. The molecule has 1 heterocycles. The largest absolute Gasteiger partial charge is 0.249 e. The van der Waals surface area contributed by atoms with Crippen molar-refractivity contribution in [1.82, 2.24) is 9.29 Å². The van der Waals surface area contributed by atoms with E-state index in [0.717, 1.165) is 42.9 Å². The van der Waals surface area contributed by atoms with Gasteiger partial charge in [-0.3, -0.25) is 0 Å². The molecule has 0 spiro atoms. The summed E-state index contributed by atoms with van der Waals surface area (Å²) in [5.74, 6) is 1.09. The number of rotatable bonds is 6. The van der Waals surface area contributed by atoms with Crippen LogP contribution in [0.5, 0.6) is 0 Å². The van der Waals surface area contributed by atoms with E-state index in [2.05, 4.69) is 4.98 Å². The van der Waals surface area contributed by atoms with Crippen molar-refractivity contribution >= 4 is 45.0 Å².